The van der Waals surface area contributed by atoms with E-state index >= 15 is 0 Å². The highest BCUT2D eigenvalue weighted by atomic mass is 16.8. The van der Waals surface area contributed by atoms with E-state index in [1.807, 2.05) is 0 Å². The summed E-state index contributed by atoms with van der Waals surface area (Å²) in [6.07, 6.45) is -22.7. The van der Waals surface area contributed by atoms with Crippen LogP contribution in [-0.4, -0.2) is 150 Å². The van der Waals surface area contributed by atoms with Gasteiger partial charge in [0.2, 0.25) is 0 Å². The van der Waals surface area contributed by atoms with Crippen molar-refractivity contribution in [3.63, 3.8) is 0 Å². The second-order valence-electron chi connectivity index (χ2n) is 14.9. The Morgan fingerprint density at radius 1 is 0.453 bits per heavy atom. The van der Waals surface area contributed by atoms with E-state index in [4.69, 9.17) is 47.4 Å². The maximum absolute atomic E-state index is 13.3. The molecule has 0 aliphatic carbocycles. The van der Waals surface area contributed by atoms with Gasteiger partial charge in [-0.05, 0) is 55.4 Å². The number of rotatable bonds is 25. The van der Waals surface area contributed by atoms with E-state index in [0.29, 0.717) is 0 Å². The zero-order valence-corrected chi connectivity index (χ0v) is 36.0. The first-order valence-corrected chi connectivity index (χ1v) is 19.3. The molecule has 2 saturated heterocycles. The largest absolute Gasteiger partial charge is 0.462 e. The van der Waals surface area contributed by atoms with Crippen LogP contribution in [0.25, 0.3) is 0 Å². The van der Waals surface area contributed by atoms with E-state index in [2.05, 4.69) is 6.92 Å². The molecular weight excluding hydrogens is 864 g/mol. The molecule has 0 aromatic heterocycles. The van der Waals surface area contributed by atoms with Crippen LogP contribution >= 0.6 is 0 Å². The van der Waals surface area contributed by atoms with Crippen molar-refractivity contribution < 1.29 is 114 Å². The van der Waals surface area contributed by atoms with Gasteiger partial charge in [-0.1, -0.05) is 0 Å². The molecule has 2 rings (SSSR count). The molecule has 0 saturated carbocycles. The topological polar surface area (TPSA) is 331 Å². The van der Waals surface area contributed by atoms with Gasteiger partial charge < -0.3 is 47.4 Å². The third kappa shape index (κ3) is 17.9. The maximum Gasteiger partial charge on any atom is 0.316 e. The molecule has 2 aliphatic heterocycles. The minimum Gasteiger partial charge on any atom is -0.462 e. The van der Waals surface area contributed by atoms with Crippen LogP contribution in [-0.2, 0) is 114 Å². The monoisotopic (exact) mass is 913 g/mol. The third-order valence-electron chi connectivity index (χ3n) is 8.28. The summed E-state index contributed by atoms with van der Waals surface area (Å²) in [5.74, 6) is -17.1. The van der Waals surface area contributed by atoms with Gasteiger partial charge in [0.15, 0.2) is 37.3 Å². The van der Waals surface area contributed by atoms with Crippen LogP contribution < -0.4 is 0 Å². The molecule has 0 aromatic carbocycles. The summed E-state index contributed by atoms with van der Waals surface area (Å²) in [6.45, 7) is 8.54. The van der Waals surface area contributed by atoms with Crippen LogP contribution in [0.1, 0.15) is 93.4 Å². The molecule has 64 heavy (non-hydrogen) atoms. The molecule has 24 heteroatoms. The Bertz CT molecular complexity index is 1880. The van der Waals surface area contributed by atoms with Gasteiger partial charge in [-0.3, -0.25) is 67.1 Å². The lowest BCUT2D eigenvalue weighted by Gasteiger charge is -2.44. The molecule has 9 atom stereocenters. The van der Waals surface area contributed by atoms with Crippen LogP contribution in [0, 0.1) is 6.92 Å². The zero-order valence-electron chi connectivity index (χ0n) is 36.0. The predicted octanol–water partition coefficient (Wildman–Crippen LogP) is -0.844. The number of Topliss-reactive ketones (excluding diaryl/α,β-unsaturated/α-hetero) is 7. The van der Waals surface area contributed by atoms with Crippen molar-refractivity contribution in [2.75, 3.05) is 13.2 Å². The summed E-state index contributed by atoms with van der Waals surface area (Å²) < 4.78 is 56.0. The van der Waals surface area contributed by atoms with E-state index in [0.717, 1.165) is 48.5 Å². The number of esters is 7. The minimum atomic E-state index is -2.94. The molecule has 2 heterocycles. The molecular formula is C40H49O24. The minimum absolute atomic E-state index is 0.665. The normalized spacial score (nSPS) is 24.8. The zero-order chi connectivity index (χ0) is 48.6. The fourth-order valence-corrected chi connectivity index (χ4v) is 5.93. The number of ether oxygens (including phenoxy) is 10. The SMILES string of the molecule is [CH2][C@H]1O[C@@H](O[C@@H]2[C@@H](COC(=O)CC(C)=O)O[C@@](COC(=O)CC(C)=O)(OC(=O)CC(C)=O)[C@H]2OC(=O)CC(C)=O)[C@H](OC(=O)CC(C)=O)[C@@H](OC(=O)CC(C)=O)[C@H]1OC(=O)CC(C)=O. The van der Waals surface area contributed by atoms with Gasteiger partial charge in [0.25, 0.3) is 5.79 Å². The molecule has 0 bridgehead atoms. The molecule has 0 unspecified atom stereocenters. The maximum atomic E-state index is 13.3. The Hall–Kier alpha value is -6.14. The summed E-state index contributed by atoms with van der Waals surface area (Å²) in [7, 11) is 0. The summed E-state index contributed by atoms with van der Waals surface area (Å²) >= 11 is 0. The number of carbonyl (C=O) groups excluding carboxylic acids is 14. The molecule has 0 amide bonds. The second-order valence-corrected chi connectivity index (χ2v) is 14.9. The summed E-state index contributed by atoms with van der Waals surface area (Å²) in [5, 5.41) is 0. The molecule has 2 aliphatic rings. The van der Waals surface area contributed by atoms with Crippen LogP contribution in [0.4, 0.5) is 0 Å². The van der Waals surface area contributed by atoms with E-state index in [1.165, 1.54) is 0 Å². The standard InChI is InChI=1S/C40H49O24/c1-18(41)9-27(48)55-16-26-35(38(61-32(53)14-23(6)46)40(63-26,64-33(54)15-24(7)47)17-56-28(49)10-19(2)42)62-39-37(60-31(52)13-22(5)45)36(59-30(51)12-21(4)44)34(25(8)57-39)58-29(50)11-20(3)43/h25-26,34-39H,8-17H2,1-7H3/t25-,26-,34+,35-,36+,37-,38+,39+,40+/m1/s1. The highest BCUT2D eigenvalue weighted by Gasteiger charge is 2.64. The highest BCUT2D eigenvalue weighted by Crippen LogP contribution is 2.41. The van der Waals surface area contributed by atoms with Crippen LogP contribution in [0.5, 0.6) is 0 Å². The molecule has 1 radical (unpaired) electrons. The van der Waals surface area contributed by atoms with Crippen molar-refractivity contribution in [1.82, 2.24) is 0 Å². The number of carbonyl (C=O) groups is 14. The molecule has 0 aromatic rings. The van der Waals surface area contributed by atoms with Crippen LogP contribution in [0.2, 0.25) is 0 Å². The van der Waals surface area contributed by atoms with Gasteiger partial charge in [-0.15, -0.1) is 0 Å². The lowest BCUT2D eigenvalue weighted by molar-refractivity contribution is -0.314. The Labute approximate surface area is 364 Å². The van der Waals surface area contributed by atoms with Gasteiger partial charge in [-0.25, -0.2) is 0 Å². The number of hydrogen-bond acceptors (Lipinski definition) is 24. The van der Waals surface area contributed by atoms with E-state index in [1.54, 1.807) is 0 Å². The van der Waals surface area contributed by atoms with E-state index < -0.39 is 195 Å². The highest BCUT2D eigenvalue weighted by molar-refractivity contribution is 5.97. The Morgan fingerprint density at radius 3 is 1.28 bits per heavy atom. The van der Waals surface area contributed by atoms with Gasteiger partial charge in [0.1, 0.15) is 110 Å². The van der Waals surface area contributed by atoms with Crippen molar-refractivity contribution in [3.05, 3.63) is 6.92 Å². The molecule has 353 valence electrons. The van der Waals surface area contributed by atoms with E-state index in [9.17, 15) is 67.1 Å². The lowest BCUT2D eigenvalue weighted by Crippen LogP contribution is -2.63. The summed E-state index contributed by atoms with van der Waals surface area (Å²) in [4.78, 5) is 174. The fraction of sp³-hybridized carbons (Fsp3) is 0.625. The first-order chi connectivity index (χ1) is 29.7. The smallest absolute Gasteiger partial charge is 0.316 e. The summed E-state index contributed by atoms with van der Waals surface area (Å²) in [5.41, 5.74) is 0. The second kappa shape index (κ2) is 24.6. The Morgan fingerprint density at radius 2 is 0.828 bits per heavy atom. The van der Waals surface area contributed by atoms with Crippen molar-refractivity contribution in [2.45, 2.75) is 148 Å². The van der Waals surface area contributed by atoms with Crippen molar-refractivity contribution >= 4 is 82.3 Å². The first kappa shape index (κ1) is 54.0. The number of hydrogen-bond donors (Lipinski definition) is 0. The van der Waals surface area contributed by atoms with Gasteiger partial charge in [0.05, 0.1) is 0 Å². The van der Waals surface area contributed by atoms with Gasteiger partial charge in [0, 0.05) is 0 Å². The van der Waals surface area contributed by atoms with Gasteiger partial charge >= 0.3 is 41.8 Å². The number of ketones is 7. The van der Waals surface area contributed by atoms with Gasteiger partial charge in [-0.2, -0.15) is 0 Å². The summed E-state index contributed by atoms with van der Waals surface area (Å²) in [6, 6.07) is 0. The van der Waals surface area contributed by atoms with E-state index in [-0.39, 0.29) is 0 Å². The Balaban J connectivity index is 2.97. The van der Waals surface area contributed by atoms with Crippen molar-refractivity contribution in [2.24, 2.45) is 0 Å². The average molecular weight is 914 g/mol. The molecule has 0 spiro atoms. The molecule has 24 nitrogen and oxygen atoms in total. The van der Waals surface area contributed by atoms with Crippen LogP contribution in [0.15, 0.2) is 0 Å². The predicted molar refractivity (Wildman–Crippen MR) is 201 cm³/mol. The molecule has 2 fully saturated rings. The van der Waals surface area contributed by atoms with Crippen LogP contribution in [0.3, 0.4) is 0 Å². The first-order valence-electron chi connectivity index (χ1n) is 19.3. The fourth-order valence-electron chi connectivity index (χ4n) is 5.93. The average Bonchev–Trinajstić information content (AvgIpc) is 3.37. The lowest BCUT2D eigenvalue weighted by atomic mass is 9.98. The van der Waals surface area contributed by atoms with Crippen molar-refractivity contribution in [1.29, 1.82) is 0 Å². The Kier molecular flexibility index (Phi) is 20.8. The van der Waals surface area contributed by atoms with Crippen molar-refractivity contribution in [3.8, 4) is 0 Å². The third-order valence-corrected chi connectivity index (χ3v) is 8.28. The quantitative estimate of drug-likeness (QED) is 0.0612. The molecule has 0 N–H and O–H groups in total.